The molecule has 1 aromatic heterocycles. The van der Waals surface area contributed by atoms with Crippen LogP contribution in [0.5, 0.6) is 5.75 Å². The molecule has 0 atom stereocenters. The van der Waals surface area contributed by atoms with Gasteiger partial charge in [-0.1, -0.05) is 12.1 Å². The molecule has 2 rings (SSSR count). The molecule has 0 aliphatic rings. The Balaban J connectivity index is 1.90. The highest BCUT2D eigenvalue weighted by molar-refractivity contribution is 5.27. The van der Waals surface area contributed by atoms with Gasteiger partial charge in [0, 0.05) is 12.2 Å². The molecule has 0 bridgehead atoms. The summed E-state index contributed by atoms with van der Waals surface area (Å²) in [5.74, 6) is 0.861. The molecule has 2 aromatic rings. The molecule has 0 radical (unpaired) electrons. The van der Waals surface area contributed by atoms with Crippen molar-refractivity contribution in [2.45, 2.75) is 32.9 Å². The Morgan fingerprint density at radius 1 is 1.21 bits per heavy atom. The molecule has 0 fully saturated rings. The third-order valence-electron chi connectivity index (χ3n) is 2.94. The van der Waals surface area contributed by atoms with E-state index in [9.17, 15) is 0 Å². The molecule has 102 valence electrons. The van der Waals surface area contributed by atoms with Crippen LogP contribution in [0, 0.1) is 0 Å². The quantitative estimate of drug-likeness (QED) is 0.867. The van der Waals surface area contributed by atoms with Gasteiger partial charge in [-0.15, -0.1) is 0 Å². The number of benzene rings is 1. The summed E-state index contributed by atoms with van der Waals surface area (Å²) in [6.07, 6.45) is 2.88. The van der Waals surface area contributed by atoms with Crippen LogP contribution in [0.2, 0.25) is 0 Å². The summed E-state index contributed by atoms with van der Waals surface area (Å²) in [5, 5.41) is 4.45. The lowest BCUT2D eigenvalue weighted by atomic mass is 10.1. The maximum atomic E-state index is 5.71. The Morgan fingerprint density at radius 3 is 2.53 bits per heavy atom. The summed E-state index contributed by atoms with van der Waals surface area (Å²) >= 11 is 0. The molecule has 19 heavy (non-hydrogen) atoms. The van der Waals surface area contributed by atoms with Gasteiger partial charge in [-0.05, 0) is 50.6 Å². The van der Waals surface area contributed by atoms with Gasteiger partial charge in [0.05, 0.1) is 5.69 Å². The number of ether oxygens (including phenoxy) is 1. The molecule has 4 nitrogen and oxygen atoms in total. The van der Waals surface area contributed by atoms with Crippen molar-refractivity contribution in [1.82, 2.24) is 9.78 Å². The Hall–Kier alpha value is -1.81. The Bertz CT molecular complexity index is 502. The zero-order chi connectivity index (χ0) is 13.7. The lowest BCUT2D eigenvalue weighted by molar-refractivity contribution is 0.298. The fourth-order valence-corrected chi connectivity index (χ4v) is 1.82. The van der Waals surface area contributed by atoms with Crippen LogP contribution < -0.4 is 10.5 Å². The average Bonchev–Trinajstić information content (AvgIpc) is 2.87. The molecule has 0 saturated heterocycles. The molecule has 0 aliphatic carbocycles. The Kier molecular flexibility index (Phi) is 4.58. The third kappa shape index (κ3) is 3.83. The molecule has 0 aliphatic heterocycles. The van der Waals surface area contributed by atoms with Crippen LogP contribution in [0.1, 0.15) is 31.1 Å². The minimum absolute atomic E-state index is 0.379. The summed E-state index contributed by atoms with van der Waals surface area (Å²) in [6, 6.07) is 10.4. The first-order valence-electron chi connectivity index (χ1n) is 6.65. The van der Waals surface area contributed by atoms with Crippen LogP contribution in [0.25, 0.3) is 0 Å². The van der Waals surface area contributed by atoms with Crippen molar-refractivity contribution in [1.29, 1.82) is 0 Å². The molecule has 0 saturated carbocycles. The summed E-state index contributed by atoms with van der Waals surface area (Å²) < 4.78 is 7.64. The summed E-state index contributed by atoms with van der Waals surface area (Å²) in [5.41, 5.74) is 7.70. The maximum absolute atomic E-state index is 5.71. The zero-order valence-electron chi connectivity index (χ0n) is 11.5. The Labute approximate surface area is 114 Å². The summed E-state index contributed by atoms with van der Waals surface area (Å²) in [7, 11) is 0. The number of nitrogens with zero attached hydrogens (tertiary/aromatic N) is 2. The third-order valence-corrected chi connectivity index (χ3v) is 2.94. The molecule has 0 unspecified atom stereocenters. The first-order chi connectivity index (χ1) is 9.19. The zero-order valence-corrected chi connectivity index (χ0v) is 11.5. The van der Waals surface area contributed by atoms with Crippen molar-refractivity contribution in [3.8, 4) is 5.75 Å². The van der Waals surface area contributed by atoms with Crippen molar-refractivity contribution in [2.24, 2.45) is 5.73 Å². The van der Waals surface area contributed by atoms with Gasteiger partial charge >= 0.3 is 0 Å². The smallest absolute Gasteiger partial charge is 0.132 e. The molecular formula is C15H21N3O. The molecule has 2 N–H and O–H groups in total. The minimum Gasteiger partial charge on any atom is -0.487 e. The maximum Gasteiger partial charge on any atom is 0.132 e. The van der Waals surface area contributed by atoms with E-state index in [0.717, 1.165) is 17.9 Å². The van der Waals surface area contributed by atoms with Gasteiger partial charge in [-0.2, -0.15) is 5.10 Å². The standard InChI is InChI=1S/C15H21N3O/c1-12(2)18-10-8-14(17-18)11-19-15-5-3-13(4-6-15)7-9-16/h3-6,8,10,12H,7,9,11,16H2,1-2H3. The lowest BCUT2D eigenvalue weighted by Crippen LogP contribution is -2.04. The molecular weight excluding hydrogens is 238 g/mol. The molecule has 4 heteroatoms. The van der Waals surface area contributed by atoms with E-state index in [2.05, 4.69) is 31.1 Å². The van der Waals surface area contributed by atoms with Crippen molar-refractivity contribution >= 4 is 0 Å². The largest absolute Gasteiger partial charge is 0.487 e. The number of nitrogens with two attached hydrogens (primary N) is 1. The predicted molar refractivity (Wildman–Crippen MR) is 76.1 cm³/mol. The monoisotopic (exact) mass is 259 g/mol. The first kappa shape index (κ1) is 13.6. The van der Waals surface area contributed by atoms with Crippen LogP contribution >= 0.6 is 0 Å². The van der Waals surface area contributed by atoms with Gasteiger partial charge in [0.15, 0.2) is 0 Å². The first-order valence-corrected chi connectivity index (χ1v) is 6.65. The van der Waals surface area contributed by atoms with Crippen molar-refractivity contribution in [2.75, 3.05) is 6.54 Å². The van der Waals surface area contributed by atoms with E-state index in [4.69, 9.17) is 10.5 Å². The fourth-order valence-electron chi connectivity index (χ4n) is 1.82. The Morgan fingerprint density at radius 2 is 1.95 bits per heavy atom. The second-order valence-electron chi connectivity index (χ2n) is 4.85. The molecule has 0 amide bonds. The summed E-state index contributed by atoms with van der Waals surface area (Å²) in [6.45, 7) is 5.38. The van der Waals surface area contributed by atoms with E-state index in [1.165, 1.54) is 5.56 Å². The van der Waals surface area contributed by atoms with E-state index >= 15 is 0 Å². The van der Waals surface area contributed by atoms with E-state index in [0.29, 0.717) is 19.2 Å². The minimum atomic E-state index is 0.379. The average molecular weight is 259 g/mol. The number of hydrogen-bond acceptors (Lipinski definition) is 3. The second-order valence-corrected chi connectivity index (χ2v) is 4.85. The summed E-state index contributed by atoms with van der Waals surface area (Å²) in [4.78, 5) is 0. The van der Waals surface area contributed by atoms with Crippen LogP contribution in [0.3, 0.4) is 0 Å². The van der Waals surface area contributed by atoms with Crippen molar-refractivity contribution < 1.29 is 4.74 Å². The van der Waals surface area contributed by atoms with Gasteiger partial charge < -0.3 is 10.5 Å². The number of rotatable bonds is 6. The van der Waals surface area contributed by atoms with Gasteiger partial charge in [0.1, 0.15) is 12.4 Å². The van der Waals surface area contributed by atoms with Crippen LogP contribution in [0.4, 0.5) is 0 Å². The van der Waals surface area contributed by atoms with Crippen LogP contribution in [-0.2, 0) is 13.0 Å². The highest BCUT2D eigenvalue weighted by Gasteiger charge is 2.03. The van der Waals surface area contributed by atoms with Crippen LogP contribution in [0.15, 0.2) is 36.5 Å². The predicted octanol–water partition coefficient (Wildman–Crippen LogP) is 2.54. The number of aromatic nitrogens is 2. The van der Waals surface area contributed by atoms with E-state index in [1.54, 1.807) is 0 Å². The van der Waals surface area contributed by atoms with Crippen molar-refractivity contribution in [3.05, 3.63) is 47.8 Å². The molecule has 0 spiro atoms. The molecule has 1 heterocycles. The normalized spacial score (nSPS) is 10.9. The SMILES string of the molecule is CC(C)n1ccc(COc2ccc(CCN)cc2)n1. The van der Waals surface area contributed by atoms with Gasteiger partial charge in [0.25, 0.3) is 0 Å². The molecule has 1 aromatic carbocycles. The van der Waals surface area contributed by atoms with E-state index in [-0.39, 0.29) is 0 Å². The fraction of sp³-hybridized carbons (Fsp3) is 0.400. The van der Waals surface area contributed by atoms with Gasteiger partial charge in [0.2, 0.25) is 0 Å². The van der Waals surface area contributed by atoms with Gasteiger partial charge in [-0.25, -0.2) is 0 Å². The van der Waals surface area contributed by atoms with E-state index < -0.39 is 0 Å². The van der Waals surface area contributed by atoms with Crippen molar-refractivity contribution in [3.63, 3.8) is 0 Å². The van der Waals surface area contributed by atoms with Gasteiger partial charge in [-0.3, -0.25) is 4.68 Å². The second kappa shape index (κ2) is 6.38. The lowest BCUT2D eigenvalue weighted by Gasteiger charge is -2.06. The van der Waals surface area contributed by atoms with E-state index in [1.807, 2.05) is 29.1 Å². The van der Waals surface area contributed by atoms with Crippen LogP contribution in [-0.4, -0.2) is 16.3 Å². The topological polar surface area (TPSA) is 53.1 Å². The highest BCUT2D eigenvalue weighted by atomic mass is 16.5. The number of hydrogen-bond donors (Lipinski definition) is 1. The highest BCUT2D eigenvalue weighted by Crippen LogP contribution is 2.14.